The largest absolute Gasteiger partial charge is 0.376 e. The molecule has 0 saturated heterocycles. The van der Waals surface area contributed by atoms with Gasteiger partial charge in [-0.1, -0.05) is 39.0 Å². The summed E-state index contributed by atoms with van der Waals surface area (Å²) in [7, 11) is -3.23. The number of thiophene rings is 1. The van der Waals surface area contributed by atoms with Crippen LogP contribution in [0.1, 0.15) is 31.7 Å². The molecule has 114 valence electrons. The van der Waals surface area contributed by atoms with E-state index in [2.05, 4.69) is 25.2 Å². The van der Waals surface area contributed by atoms with Crippen LogP contribution in [-0.2, 0) is 9.84 Å². The number of para-hydroxylation sites is 1. The molecule has 2 rings (SSSR count). The molecule has 1 unspecified atom stereocenters. The van der Waals surface area contributed by atoms with Crippen LogP contribution in [0.4, 0.5) is 5.69 Å². The summed E-state index contributed by atoms with van der Waals surface area (Å²) < 4.78 is 24.4. The van der Waals surface area contributed by atoms with E-state index in [4.69, 9.17) is 0 Å². The summed E-state index contributed by atoms with van der Waals surface area (Å²) in [6.45, 7) is 5.94. The number of sulfone groups is 1. The van der Waals surface area contributed by atoms with Crippen molar-refractivity contribution in [3.63, 3.8) is 0 Å². The molecular formula is C16H21NO2S2. The third-order valence-corrected chi connectivity index (χ3v) is 6.17. The van der Waals surface area contributed by atoms with Gasteiger partial charge in [0, 0.05) is 4.88 Å². The summed E-state index contributed by atoms with van der Waals surface area (Å²) in [5.41, 5.74) is 0.687. The van der Waals surface area contributed by atoms with E-state index in [1.54, 1.807) is 30.4 Å². The molecule has 0 fully saturated rings. The second-order valence-electron chi connectivity index (χ2n) is 5.28. The molecule has 2 aromatic rings. The quantitative estimate of drug-likeness (QED) is 0.859. The van der Waals surface area contributed by atoms with Gasteiger partial charge in [-0.3, -0.25) is 0 Å². The van der Waals surface area contributed by atoms with Gasteiger partial charge in [-0.2, -0.15) is 0 Å². The van der Waals surface area contributed by atoms with Crippen LogP contribution in [0.5, 0.6) is 0 Å². The Balaban J connectivity index is 2.39. The Kier molecular flexibility index (Phi) is 5.06. The Morgan fingerprint density at radius 2 is 1.86 bits per heavy atom. The Bertz CT molecular complexity index is 676. The first-order valence-corrected chi connectivity index (χ1v) is 9.60. The fourth-order valence-electron chi connectivity index (χ4n) is 2.21. The maximum absolute atomic E-state index is 12.2. The van der Waals surface area contributed by atoms with Gasteiger partial charge in [0.1, 0.15) is 0 Å². The highest BCUT2D eigenvalue weighted by atomic mass is 32.2. The summed E-state index contributed by atoms with van der Waals surface area (Å²) >= 11 is 1.69. The van der Waals surface area contributed by atoms with Crippen LogP contribution < -0.4 is 5.32 Å². The summed E-state index contributed by atoms with van der Waals surface area (Å²) in [6, 6.07) is 11.4. The van der Waals surface area contributed by atoms with E-state index in [9.17, 15) is 8.42 Å². The molecule has 0 aliphatic rings. The maximum atomic E-state index is 12.2. The Morgan fingerprint density at radius 3 is 2.43 bits per heavy atom. The summed E-state index contributed by atoms with van der Waals surface area (Å²) in [6.07, 6.45) is 0. The lowest BCUT2D eigenvalue weighted by atomic mass is 10.0. The second-order valence-corrected chi connectivity index (χ2v) is 8.51. The van der Waals surface area contributed by atoms with Gasteiger partial charge in [0.15, 0.2) is 9.84 Å². The highest BCUT2D eigenvalue weighted by Crippen LogP contribution is 2.32. The van der Waals surface area contributed by atoms with E-state index in [-0.39, 0.29) is 11.8 Å². The first kappa shape index (κ1) is 16.0. The number of nitrogens with one attached hydrogen (secondary N) is 1. The third-order valence-electron chi connectivity index (χ3n) is 3.43. The van der Waals surface area contributed by atoms with Gasteiger partial charge >= 0.3 is 0 Å². The van der Waals surface area contributed by atoms with Crippen molar-refractivity contribution >= 4 is 26.9 Å². The minimum Gasteiger partial charge on any atom is -0.376 e. The molecule has 1 heterocycles. The average Bonchev–Trinajstić information content (AvgIpc) is 2.98. The highest BCUT2D eigenvalue weighted by molar-refractivity contribution is 7.91. The van der Waals surface area contributed by atoms with Gasteiger partial charge in [-0.25, -0.2) is 8.42 Å². The van der Waals surface area contributed by atoms with E-state index < -0.39 is 9.84 Å². The van der Waals surface area contributed by atoms with E-state index in [1.165, 1.54) is 4.88 Å². The number of benzene rings is 1. The first-order valence-electron chi connectivity index (χ1n) is 7.07. The SMILES string of the molecule is CCS(=O)(=O)c1ccccc1NC(c1cccs1)C(C)C. The average molecular weight is 323 g/mol. The lowest BCUT2D eigenvalue weighted by molar-refractivity contribution is 0.552. The van der Waals surface area contributed by atoms with Gasteiger partial charge in [0.05, 0.1) is 22.4 Å². The maximum Gasteiger partial charge on any atom is 0.180 e. The molecule has 5 heteroatoms. The standard InChI is InChI=1S/C16H21NO2S2/c1-4-21(18,19)15-10-6-5-8-13(15)17-16(12(2)3)14-9-7-11-20-14/h5-12,16-17H,4H2,1-3H3. The van der Waals surface area contributed by atoms with Gasteiger partial charge in [0.2, 0.25) is 0 Å². The fourth-order valence-corrected chi connectivity index (χ4v) is 4.22. The van der Waals surface area contributed by atoms with Crippen LogP contribution in [0.3, 0.4) is 0 Å². The van der Waals surface area contributed by atoms with Crippen LogP contribution in [0.15, 0.2) is 46.7 Å². The zero-order valence-corrected chi connectivity index (χ0v) is 14.2. The van der Waals surface area contributed by atoms with E-state index in [0.29, 0.717) is 16.5 Å². The van der Waals surface area contributed by atoms with Crippen molar-refractivity contribution < 1.29 is 8.42 Å². The van der Waals surface area contributed by atoms with Crippen molar-refractivity contribution in [2.45, 2.75) is 31.7 Å². The van der Waals surface area contributed by atoms with E-state index in [1.807, 2.05) is 23.6 Å². The van der Waals surface area contributed by atoms with Crippen molar-refractivity contribution in [2.75, 3.05) is 11.1 Å². The van der Waals surface area contributed by atoms with Crippen molar-refractivity contribution in [3.8, 4) is 0 Å². The van der Waals surface area contributed by atoms with Gasteiger partial charge < -0.3 is 5.32 Å². The fraction of sp³-hybridized carbons (Fsp3) is 0.375. The molecule has 0 bridgehead atoms. The lowest BCUT2D eigenvalue weighted by Crippen LogP contribution is -2.18. The molecule has 1 atom stereocenters. The molecule has 0 aliphatic carbocycles. The van der Waals surface area contributed by atoms with Crippen LogP contribution in [0.25, 0.3) is 0 Å². The van der Waals surface area contributed by atoms with Crippen LogP contribution in [0, 0.1) is 5.92 Å². The predicted octanol–water partition coefficient (Wildman–Crippen LogP) is 4.35. The molecular weight excluding hydrogens is 302 g/mol. The van der Waals surface area contributed by atoms with Crippen molar-refractivity contribution in [3.05, 3.63) is 46.7 Å². The normalized spacial score (nSPS) is 13.3. The minimum absolute atomic E-state index is 0.108. The number of anilines is 1. The molecule has 0 saturated carbocycles. The first-order chi connectivity index (χ1) is 9.95. The van der Waals surface area contributed by atoms with E-state index >= 15 is 0 Å². The summed E-state index contributed by atoms with van der Waals surface area (Å²) in [5, 5.41) is 5.46. The molecule has 3 nitrogen and oxygen atoms in total. The third kappa shape index (κ3) is 3.66. The number of rotatable bonds is 6. The molecule has 1 aromatic heterocycles. The highest BCUT2D eigenvalue weighted by Gasteiger charge is 2.21. The smallest absolute Gasteiger partial charge is 0.180 e. The summed E-state index contributed by atoms with van der Waals surface area (Å²) in [5.74, 6) is 0.470. The molecule has 1 N–H and O–H groups in total. The molecule has 0 aliphatic heterocycles. The number of hydrogen-bond donors (Lipinski definition) is 1. The zero-order chi connectivity index (χ0) is 15.5. The van der Waals surface area contributed by atoms with Crippen LogP contribution >= 0.6 is 11.3 Å². The molecule has 0 spiro atoms. The molecule has 1 aromatic carbocycles. The van der Waals surface area contributed by atoms with Crippen molar-refractivity contribution in [1.29, 1.82) is 0 Å². The summed E-state index contributed by atoms with van der Waals surface area (Å²) in [4.78, 5) is 1.60. The van der Waals surface area contributed by atoms with Crippen LogP contribution in [0.2, 0.25) is 0 Å². The Labute approximate surface area is 130 Å². The molecule has 21 heavy (non-hydrogen) atoms. The molecule has 0 amide bonds. The Morgan fingerprint density at radius 1 is 1.14 bits per heavy atom. The lowest BCUT2D eigenvalue weighted by Gasteiger charge is -2.24. The van der Waals surface area contributed by atoms with Gasteiger partial charge in [-0.05, 0) is 29.5 Å². The van der Waals surface area contributed by atoms with Gasteiger partial charge in [-0.15, -0.1) is 11.3 Å². The van der Waals surface area contributed by atoms with Crippen LogP contribution in [-0.4, -0.2) is 14.2 Å². The van der Waals surface area contributed by atoms with Gasteiger partial charge in [0.25, 0.3) is 0 Å². The molecule has 0 radical (unpaired) electrons. The second kappa shape index (κ2) is 6.62. The topological polar surface area (TPSA) is 46.2 Å². The van der Waals surface area contributed by atoms with E-state index in [0.717, 1.165) is 0 Å². The zero-order valence-electron chi connectivity index (χ0n) is 12.5. The van der Waals surface area contributed by atoms with Crippen molar-refractivity contribution in [1.82, 2.24) is 0 Å². The van der Waals surface area contributed by atoms with Crippen molar-refractivity contribution in [2.24, 2.45) is 5.92 Å². The minimum atomic E-state index is -3.23. The Hall–Kier alpha value is -1.33. The monoisotopic (exact) mass is 323 g/mol. The number of hydrogen-bond acceptors (Lipinski definition) is 4. The predicted molar refractivity (Wildman–Crippen MR) is 89.7 cm³/mol.